The Kier molecular flexibility index (Phi) is 4.77. The van der Waals surface area contributed by atoms with Crippen LogP contribution in [0.3, 0.4) is 0 Å². The number of ether oxygens (including phenoxy) is 1. The minimum atomic E-state index is -0.204. The van der Waals surface area contributed by atoms with E-state index in [1.165, 1.54) is 6.07 Å². The number of aromatic nitrogens is 2. The van der Waals surface area contributed by atoms with Gasteiger partial charge in [-0.1, -0.05) is 35.9 Å². The fourth-order valence-electron chi connectivity index (χ4n) is 2.80. The van der Waals surface area contributed by atoms with E-state index in [0.29, 0.717) is 23.2 Å². The van der Waals surface area contributed by atoms with Crippen LogP contribution in [-0.4, -0.2) is 9.97 Å². The van der Waals surface area contributed by atoms with Gasteiger partial charge < -0.3 is 15.0 Å². The highest BCUT2D eigenvalue weighted by atomic mass is 35.5. The Morgan fingerprint density at radius 2 is 1.93 bits per heavy atom. The number of pyridine rings is 2. The highest BCUT2D eigenvalue weighted by molar-refractivity contribution is 6.30. The second-order valence-electron chi connectivity index (χ2n) is 5.98. The fraction of sp³-hybridized carbons (Fsp3) is 0.0476. The smallest absolute Gasteiger partial charge is 0.252 e. The largest absolute Gasteiger partial charge is 0.456 e. The molecule has 4 aromatic rings. The van der Waals surface area contributed by atoms with Crippen molar-refractivity contribution in [3.63, 3.8) is 0 Å². The number of para-hydroxylation sites is 1. The lowest BCUT2D eigenvalue weighted by Crippen LogP contribution is -2.05. The first kappa shape index (κ1) is 17.1. The molecule has 27 heavy (non-hydrogen) atoms. The van der Waals surface area contributed by atoms with E-state index in [-0.39, 0.29) is 5.56 Å². The maximum Gasteiger partial charge on any atom is 0.252 e. The number of anilines is 1. The molecular formula is C21H16ClN3O2. The average molecular weight is 378 g/mol. The molecule has 5 nitrogen and oxygen atoms in total. The quantitative estimate of drug-likeness (QED) is 0.481. The van der Waals surface area contributed by atoms with Crippen molar-refractivity contribution < 1.29 is 4.74 Å². The van der Waals surface area contributed by atoms with E-state index in [0.717, 1.165) is 22.2 Å². The first-order chi connectivity index (χ1) is 13.2. The van der Waals surface area contributed by atoms with E-state index in [1.54, 1.807) is 6.20 Å². The van der Waals surface area contributed by atoms with Crippen molar-refractivity contribution in [3.05, 3.63) is 94.0 Å². The summed E-state index contributed by atoms with van der Waals surface area (Å²) in [5, 5.41) is 4.63. The third-order valence-corrected chi connectivity index (χ3v) is 4.43. The molecule has 2 aromatic heterocycles. The molecule has 2 heterocycles. The van der Waals surface area contributed by atoms with Crippen LogP contribution in [0.25, 0.3) is 10.9 Å². The molecule has 0 spiro atoms. The number of nitrogens with one attached hydrogen (secondary N) is 2. The van der Waals surface area contributed by atoms with Crippen LogP contribution in [0.5, 0.6) is 11.5 Å². The van der Waals surface area contributed by atoms with Crippen molar-refractivity contribution in [2.24, 2.45) is 0 Å². The minimum absolute atomic E-state index is 0.204. The second kappa shape index (κ2) is 7.51. The highest BCUT2D eigenvalue weighted by Gasteiger charge is 2.07. The Morgan fingerprint density at radius 1 is 1.04 bits per heavy atom. The Bertz CT molecular complexity index is 1160. The van der Waals surface area contributed by atoms with Gasteiger partial charge in [0.2, 0.25) is 0 Å². The van der Waals surface area contributed by atoms with Gasteiger partial charge in [0.15, 0.2) is 0 Å². The van der Waals surface area contributed by atoms with E-state index in [2.05, 4.69) is 15.3 Å². The molecule has 0 amide bonds. The van der Waals surface area contributed by atoms with E-state index >= 15 is 0 Å². The van der Waals surface area contributed by atoms with Crippen LogP contribution in [0.1, 0.15) is 5.56 Å². The highest BCUT2D eigenvalue weighted by Crippen LogP contribution is 2.29. The predicted molar refractivity (Wildman–Crippen MR) is 108 cm³/mol. The lowest BCUT2D eigenvalue weighted by molar-refractivity contribution is 0.487. The summed E-state index contributed by atoms with van der Waals surface area (Å²) in [6, 6.07) is 20.3. The summed E-state index contributed by atoms with van der Waals surface area (Å²) < 4.78 is 5.99. The normalized spacial score (nSPS) is 10.7. The van der Waals surface area contributed by atoms with Crippen LogP contribution >= 0.6 is 11.6 Å². The van der Waals surface area contributed by atoms with Crippen LogP contribution in [0.4, 0.5) is 5.69 Å². The molecule has 0 saturated carbocycles. The number of aromatic amines is 1. The number of H-pyrrole nitrogens is 1. The summed E-state index contributed by atoms with van der Waals surface area (Å²) in [5.74, 6) is 1.15. The zero-order chi connectivity index (χ0) is 18.6. The number of benzene rings is 2. The summed E-state index contributed by atoms with van der Waals surface area (Å²) in [5.41, 5.74) is 2.32. The zero-order valence-corrected chi connectivity index (χ0v) is 15.0. The first-order valence-electron chi connectivity index (χ1n) is 8.42. The molecule has 0 bridgehead atoms. The van der Waals surface area contributed by atoms with Gasteiger partial charge in [-0.25, -0.2) is 4.98 Å². The van der Waals surface area contributed by atoms with Gasteiger partial charge in [0.25, 0.3) is 5.56 Å². The van der Waals surface area contributed by atoms with Gasteiger partial charge in [0, 0.05) is 41.5 Å². The number of nitrogens with zero attached hydrogens (tertiary/aromatic N) is 1. The van der Waals surface area contributed by atoms with Crippen LogP contribution in [0.2, 0.25) is 5.15 Å². The van der Waals surface area contributed by atoms with Gasteiger partial charge in [-0.3, -0.25) is 4.79 Å². The molecule has 0 aliphatic heterocycles. The third kappa shape index (κ3) is 3.93. The monoisotopic (exact) mass is 377 g/mol. The standard InChI is InChI=1S/C21H16ClN3O2/c22-21-14(5-4-10-23-21)13-24-15-6-3-7-16(11-15)27-19-12-20(26)25-18-9-2-1-8-17(18)19/h1-12,24H,13H2,(H,25,26). The van der Waals surface area contributed by atoms with Crippen LogP contribution in [-0.2, 0) is 6.54 Å². The van der Waals surface area contributed by atoms with Gasteiger partial charge in [-0.05, 0) is 30.3 Å². The molecule has 6 heteroatoms. The summed E-state index contributed by atoms with van der Waals surface area (Å²) in [7, 11) is 0. The summed E-state index contributed by atoms with van der Waals surface area (Å²) in [4.78, 5) is 18.8. The Hall–Kier alpha value is -3.31. The van der Waals surface area contributed by atoms with E-state index in [1.807, 2.05) is 60.7 Å². The van der Waals surface area contributed by atoms with E-state index < -0.39 is 0 Å². The number of halogens is 1. The van der Waals surface area contributed by atoms with Crippen LogP contribution in [0.15, 0.2) is 77.7 Å². The molecule has 0 atom stereocenters. The van der Waals surface area contributed by atoms with E-state index in [9.17, 15) is 4.79 Å². The molecule has 2 N–H and O–H groups in total. The first-order valence-corrected chi connectivity index (χ1v) is 8.80. The van der Waals surface area contributed by atoms with Crippen LogP contribution in [0, 0.1) is 0 Å². The van der Waals surface area contributed by atoms with Crippen molar-refractivity contribution in [3.8, 4) is 11.5 Å². The average Bonchev–Trinajstić information content (AvgIpc) is 2.67. The summed E-state index contributed by atoms with van der Waals surface area (Å²) in [6.45, 7) is 0.546. The minimum Gasteiger partial charge on any atom is -0.456 e. The van der Waals surface area contributed by atoms with Gasteiger partial charge >= 0.3 is 0 Å². The van der Waals surface area contributed by atoms with Gasteiger partial charge in [0.05, 0.1) is 5.52 Å². The maximum absolute atomic E-state index is 11.9. The topological polar surface area (TPSA) is 67.0 Å². The lowest BCUT2D eigenvalue weighted by atomic mass is 10.2. The molecule has 2 aromatic carbocycles. The van der Waals surface area contributed by atoms with Crippen molar-refractivity contribution in [1.82, 2.24) is 9.97 Å². The summed E-state index contributed by atoms with van der Waals surface area (Å²) in [6.07, 6.45) is 1.66. The van der Waals surface area contributed by atoms with Crippen LogP contribution < -0.4 is 15.6 Å². The maximum atomic E-state index is 11.9. The number of hydrogen-bond acceptors (Lipinski definition) is 4. The fourth-order valence-corrected chi connectivity index (χ4v) is 2.99. The molecular weight excluding hydrogens is 362 g/mol. The molecule has 0 fully saturated rings. The molecule has 0 saturated heterocycles. The molecule has 4 rings (SSSR count). The molecule has 0 aliphatic rings. The second-order valence-corrected chi connectivity index (χ2v) is 6.34. The van der Waals surface area contributed by atoms with Gasteiger partial charge in [-0.15, -0.1) is 0 Å². The van der Waals surface area contributed by atoms with Gasteiger partial charge in [-0.2, -0.15) is 0 Å². The van der Waals surface area contributed by atoms with E-state index in [4.69, 9.17) is 16.3 Å². The number of fused-ring (bicyclic) bond motifs is 1. The number of rotatable bonds is 5. The Balaban J connectivity index is 1.57. The van der Waals surface area contributed by atoms with Crippen molar-refractivity contribution in [1.29, 1.82) is 0 Å². The SMILES string of the molecule is O=c1cc(Oc2cccc(NCc3cccnc3Cl)c2)c2ccccc2[nH]1. The Morgan fingerprint density at radius 3 is 2.81 bits per heavy atom. The number of hydrogen-bond donors (Lipinski definition) is 2. The predicted octanol–water partition coefficient (Wildman–Crippen LogP) is 4.98. The zero-order valence-electron chi connectivity index (χ0n) is 14.3. The van der Waals surface area contributed by atoms with Crippen molar-refractivity contribution in [2.75, 3.05) is 5.32 Å². The van der Waals surface area contributed by atoms with Crippen molar-refractivity contribution >= 4 is 28.2 Å². The molecule has 0 unspecified atom stereocenters. The molecule has 0 radical (unpaired) electrons. The third-order valence-electron chi connectivity index (χ3n) is 4.09. The lowest BCUT2D eigenvalue weighted by Gasteiger charge is -2.11. The van der Waals surface area contributed by atoms with Gasteiger partial charge in [0.1, 0.15) is 16.7 Å². The molecule has 0 aliphatic carbocycles. The van der Waals surface area contributed by atoms with Crippen molar-refractivity contribution in [2.45, 2.75) is 6.54 Å². The Labute approximate surface area is 160 Å². The molecule has 134 valence electrons. The summed E-state index contributed by atoms with van der Waals surface area (Å²) >= 11 is 6.09.